The Morgan fingerprint density at radius 2 is 1.84 bits per heavy atom. The third kappa shape index (κ3) is 3.38. The first-order valence-corrected chi connectivity index (χ1v) is 7.36. The van der Waals surface area contributed by atoms with E-state index in [0.29, 0.717) is 4.83 Å². The average Bonchev–Trinajstić information content (AvgIpc) is 2.42. The summed E-state index contributed by atoms with van der Waals surface area (Å²) >= 11 is 3.82. The normalized spacial score (nSPS) is 12.2. The maximum atomic E-state index is 5.42. The van der Waals surface area contributed by atoms with Gasteiger partial charge in [0.05, 0.1) is 7.11 Å². The highest BCUT2D eigenvalue weighted by Crippen LogP contribution is 2.32. The lowest BCUT2D eigenvalue weighted by atomic mass is 9.98. The van der Waals surface area contributed by atoms with Gasteiger partial charge in [0.1, 0.15) is 5.75 Å². The Morgan fingerprint density at radius 3 is 2.58 bits per heavy atom. The van der Waals surface area contributed by atoms with Gasteiger partial charge in [0, 0.05) is 4.83 Å². The minimum Gasteiger partial charge on any atom is -0.496 e. The summed E-state index contributed by atoms with van der Waals surface area (Å²) in [6.45, 7) is 4.29. The molecule has 0 saturated carbocycles. The van der Waals surface area contributed by atoms with Crippen molar-refractivity contribution in [2.24, 2.45) is 0 Å². The topological polar surface area (TPSA) is 9.23 Å². The van der Waals surface area contributed by atoms with Gasteiger partial charge in [-0.3, -0.25) is 0 Å². The van der Waals surface area contributed by atoms with Gasteiger partial charge in [0.15, 0.2) is 0 Å². The zero-order valence-corrected chi connectivity index (χ0v) is 13.2. The highest BCUT2D eigenvalue weighted by atomic mass is 79.9. The summed E-state index contributed by atoms with van der Waals surface area (Å²) in [5.74, 6) is 0.956. The van der Waals surface area contributed by atoms with Crippen molar-refractivity contribution in [2.45, 2.75) is 25.1 Å². The van der Waals surface area contributed by atoms with E-state index in [1.165, 1.54) is 22.3 Å². The van der Waals surface area contributed by atoms with Crippen molar-refractivity contribution in [1.29, 1.82) is 0 Å². The molecule has 0 fully saturated rings. The third-order valence-corrected chi connectivity index (χ3v) is 4.18. The number of hydrogen-bond acceptors (Lipinski definition) is 1. The van der Waals surface area contributed by atoms with Gasteiger partial charge in [0.25, 0.3) is 0 Å². The molecule has 1 nitrogen and oxygen atoms in total. The number of hydrogen-bond donors (Lipinski definition) is 0. The molecule has 0 heterocycles. The summed E-state index contributed by atoms with van der Waals surface area (Å²) in [6, 6.07) is 14.8. The van der Waals surface area contributed by atoms with Crippen LogP contribution in [-0.4, -0.2) is 7.11 Å². The summed E-state index contributed by atoms with van der Waals surface area (Å²) in [4.78, 5) is 0.309. The van der Waals surface area contributed by atoms with Crippen molar-refractivity contribution in [3.8, 4) is 5.75 Å². The van der Waals surface area contributed by atoms with Gasteiger partial charge < -0.3 is 4.74 Å². The number of para-hydroxylation sites is 1. The van der Waals surface area contributed by atoms with Crippen LogP contribution in [0.15, 0.2) is 42.5 Å². The number of benzene rings is 2. The quantitative estimate of drug-likeness (QED) is 0.721. The van der Waals surface area contributed by atoms with Crippen LogP contribution in [0.25, 0.3) is 0 Å². The highest BCUT2D eigenvalue weighted by Gasteiger charge is 2.13. The van der Waals surface area contributed by atoms with E-state index in [1.54, 1.807) is 7.11 Å². The second kappa shape index (κ2) is 6.25. The highest BCUT2D eigenvalue weighted by molar-refractivity contribution is 9.09. The van der Waals surface area contributed by atoms with E-state index >= 15 is 0 Å². The summed E-state index contributed by atoms with van der Waals surface area (Å²) in [7, 11) is 1.72. The lowest BCUT2D eigenvalue weighted by Crippen LogP contribution is -2.00. The largest absolute Gasteiger partial charge is 0.496 e. The van der Waals surface area contributed by atoms with E-state index in [2.05, 4.69) is 60.1 Å². The van der Waals surface area contributed by atoms with Crippen LogP contribution in [0.3, 0.4) is 0 Å². The van der Waals surface area contributed by atoms with E-state index in [0.717, 1.165) is 12.2 Å². The summed E-state index contributed by atoms with van der Waals surface area (Å²) in [5.41, 5.74) is 5.20. The van der Waals surface area contributed by atoms with Gasteiger partial charge in [-0.05, 0) is 43.0 Å². The van der Waals surface area contributed by atoms with Crippen molar-refractivity contribution in [3.05, 3.63) is 64.7 Å². The minimum absolute atomic E-state index is 0.309. The zero-order chi connectivity index (χ0) is 13.8. The fourth-order valence-corrected chi connectivity index (χ4v) is 3.11. The van der Waals surface area contributed by atoms with Gasteiger partial charge in [-0.1, -0.05) is 57.9 Å². The summed E-state index contributed by atoms with van der Waals surface area (Å²) in [5, 5.41) is 0. The van der Waals surface area contributed by atoms with Gasteiger partial charge in [-0.25, -0.2) is 0 Å². The molecule has 0 aliphatic rings. The van der Waals surface area contributed by atoms with E-state index in [4.69, 9.17) is 4.74 Å². The maximum Gasteiger partial charge on any atom is 0.122 e. The fourth-order valence-electron chi connectivity index (χ4n) is 2.27. The van der Waals surface area contributed by atoms with Crippen LogP contribution in [0, 0.1) is 13.8 Å². The van der Waals surface area contributed by atoms with Crippen molar-refractivity contribution in [2.75, 3.05) is 7.11 Å². The Balaban J connectivity index is 2.25. The Morgan fingerprint density at radius 1 is 1.11 bits per heavy atom. The van der Waals surface area contributed by atoms with Crippen LogP contribution < -0.4 is 4.74 Å². The number of methoxy groups -OCH3 is 1. The molecule has 1 atom stereocenters. The zero-order valence-electron chi connectivity index (χ0n) is 11.6. The first-order valence-electron chi connectivity index (χ1n) is 6.45. The van der Waals surface area contributed by atoms with Gasteiger partial charge in [0.2, 0.25) is 0 Å². The molecule has 0 aliphatic heterocycles. The molecule has 19 heavy (non-hydrogen) atoms. The monoisotopic (exact) mass is 318 g/mol. The molecule has 0 saturated heterocycles. The van der Waals surface area contributed by atoms with Crippen LogP contribution in [0.1, 0.15) is 27.1 Å². The number of halogens is 1. The molecule has 0 bridgehead atoms. The number of aryl methyl sites for hydroxylation is 2. The van der Waals surface area contributed by atoms with E-state index in [1.807, 2.05) is 12.1 Å². The SMILES string of the molecule is COc1ccccc1CC(Br)c1cc(C)ccc1C. The second-order valence-electron chi connectivity index (χ2n) is 4.84. The van der Waals surface area contributed by atoms with Crippen molar-refractivity contribution in [3.63, 3.8) is 0 Å². The van der Waals surface area contributed by atoms with Crippen molar-refractivity contribution >= 4 is 15.9 Å². The standard InChI is InChI=1S/C17H19BrO/c1-12-8-9-13(2)15(10-12)16(18)11-14-6-4-5-7-17(14)19-3/h4-10,16H,11H2,1-3H3. The Hall–Kier alpha value is -1.28. The van der Waals surface area contributed by atoms with Crippen LogP contribution in [-0.2, 0) is 6.42 Å². The second-order valence-corrected chi connectivity index (χ2v) is 5.95. The first-order chi connectivity index (χ1) is 9.11. The molecule has 0 radical (unpaired) electrons. The molecular formula is C17H19BrO. The molecular weight excluding hydrogens is 300 g/mol. The van der Waals surface area contributed by atoms with Gasteiger partial charge in [-0.2, -0.15) is 0 Å². The first kappa shape index (κ1) is 14.1. The lowest BCUT2D eigenvalue weighted by Gasteiger charge is -2.16. The predicted molar refractivity (Wildman–Crippen MR) is 84.3 cm³/mol. The predicted octanol–water partition coefficient (Wildman–Crippen LogP) is 4.99. The molecule has 0 aromatic heterocycles. The fraction of sp³-hybridized carbons (Fsp3) is 0.294. The Labute approximate surface area is 123 Å². The van der Waals surface area contributed by atoms with Crippen LogP contribution in [0.5, 0.6) is 5.75 Å². The molecule has 1 unspecified atom stereocenters. The molecule has 0 amide bonds. The van der Waals surface area contributed by atoms with Crippen molar-refractivity contribution < 1.29 is 4.74 Å². The number of alkyl halides is 1. The van der Waals surface area contributed by atoms with Gasteiger partial charge >= 0.3 is 0 Å². The molecule has 0 N–H and O–H groups in total. The molecule has 2 aromatic carbocycles. The Kier molecular flexibility index (Phi) is 4.65. The number of ether oxygens (including phenoxy) is 1. The maximum absolute atomic E-state index is 5.42. The van der Waals surface area contributed by atoms with E-state index in [-0.39, 0.29) is 0 Å². The van der Waals surface area contributed by atoms with Crippen LogP contribution >= 0.6 is 15.9 Å². The van der Waals surface area contributed by atoms with Crippen LogP contribution in [0.2, 0.25) is 0 Å². The molecule has 0 aliphatic carbocycles. The van der Waals surface area contributed by atoms with Crippen molar-refractivity contribution in [1.82, 2.24) is 0 Å². The molecule has 100 valence electrons. The van der Waals surface area contributed by atoms with E-state index < -0.39 is 0 Å². The van der Waals surface area contributed by atoms with E-state index in [9.17, 15) is 0 Å². The van der Waals surface area contributed by atoms with Gasteiger partial charge in [-0.15, -0.1) is 0 Å². The molecule has 2 aromatic rings. The average molecular weight is 319 g/mol. The van der Waals surface area contributed by atoms with Crippen LogP contribution in [0.4, 0.5) is 0 Å². The summed E-state index contributed by atoms with van der Waals surface area (Å²) < 4.78 is 5.42. The summed E-state index contributed by atoms with van der Waals surface area (Å²) in [6.07, 6.45) is 0.925. The third-order valence-electron chi connectivity index (χ3n) is 3.36. The smallest absolute Gasteiger partial charge is 0.122 e. The minimum atomic E-state index is 0.309. The molecule has 2 rings (SSSR count). The lowest BCUT2D eigenvalue weighted by molar-refractivity contribution is 0.409. The number of rotatable bonds is 4. The Bertz CT molecular complexity index is 563. The molecule has 0 spiro atoms. The molecule has 2 heteroatoms.